The van der Waals surface area contributed by atoms with Crippen molar-refractivity contribution < 1.29 is 16.8 Å². The van der Waals surface area contributed by atoms with Gasteiger partial charge in [-0.25, -0.2) is 27.0 Å². The van der Waals surface area contributed by atoms with Crippen LogP contribution in [0.15, 0.2) is 45.1 Å². The average Bonchev–Trinajstić information content (AvgIpc) is 2.44. The molecule has 0 radical (unpaired) electrons. The minimum absolute atomic E-state index is 0.107. The summed E-state index contributed by atoms with van der Waals surface area (Å²) in [7, 11) is -7.89. The number of hydrogen-bond acceptors (Lipinski definition) is 6. The lowest BCUT2D eigenvalue weighted by atomic mass is 10.0. The maximum atomic E-state index is 12.1. The Bertz CT molecular complexity index is 1100. The molecule has 1 heterocycles. The summed E-state index contributed by atoms with van der Waals surface area (Å²) in [6.07, 6.45) is 1.03. The molecule has 5 N–H and O–H groups in total. The predicted molar refractivity (Wildman–Crippen MR) is 91.1 cm³/mol. The molecule has 11 heteroatoms. The van der Waals surface area contributed by atoms with Crippen LogP contribution in [0.1, 0.15) is 0 Å². The van der Waals surface area contributed by atoms with E-state index in [-0.39, 0.29) is 37.3 Å². The van der Waals surface area contributed by atoms with E-state index in [1.165, 1.54) is 30.3 Å². The lowest BCUT2D eigenvalue weighted by molar-refractivity contribution is 0.592. The second-order valence-electron chi connectivity index (χ2n) is 4.98. The Balaban J connectivity index is 2.37. The first kappa shape index (κ1) is 16.7. The molecule has 0 amide bonds. The molecule has 1 aliphatic rings. The number of fused-ring (bicyclic) bond motifs is 1. The molecule has 0 aliphatic carbocycles. The third-order valence-electron chi connectivity index (χ3n) is 3.35. The number of hydrogen-bond donors (Lipinski definition) is 3. The van der Waals surface area contributed by atoms with Gasteiger partial charge in [-0.3, -0.25) is 4.72 Å². The van der Waals surface area contributed by atoms with Crippen LogP contribution in [0.25, 0.3) is 11.1 Å². The number of halogens is 1. The van der Waals surface area contributed by atoms with Crippen molar-refractivity contribution in [3.05, 3.63) is 35.4 Å². The van der Waals surface area contributed by atoms with E-state index < -0.39 is 20.0 Å². The van der Waals surface area contributed by atoms with Crippen LogP contribution in [0.3, 0.4) is 0 Å². The van der Waals surface area contributed by atoms with Crippen LogP contribution >= 0.6 is 11.6 Å². The highest BCUT2D eigenvalue weighted by atomic mass is 35.5. The molecule has 2 aromatic rings. The van der Waals surface area contributed by atoms with Crippen molar-refractivity contribution in [2.45, 2.75) is 9.79 Å². The number of anilines is 1. The molecule has 0 saturated heterocycles. The third kappa shape index (κ3) is 2.84. The molecule has 8 nitrogen and oxygen atoms in total. The molecule has 3 rings (SSSR count). The van der Waals surface area contributed by atoms with E-state index in [2.05, 4.69) is 9.71 Å². The Morgan fingerprint density at radius 1 is 1.12 bits per heavy atom. The van der Waals surface area contributed by atoms with Crippen molar-refractivity contribution >= 4 is 49.4 Å². The molecule has 24 heavy (non-hydrogen) atoms. The Labute approximate surface area is 143 Å². The standard InChI is InChI=1S/C13H11ClN4O4S2/c14-10-5-11-13(24(21,22)18-6-17-11)4-8(10)9-3-7(15)1-2-12(9)23(16,19)20/h1-6H,15H2,(H,17,18)(H2,16,19,20). The zero-order valence-corrected chi connectivity index (χ0v) is 14.3. The highest BCUT2D eigenvalue weighted by Crippen LogP contribution is 2.40. The topological polar surface area (TPSA) is 145 Å². The number of nitrogens with zero attached hydrogens (tertiary/aromatic N) is 1. The maximum Gasteiger partial charge on any atom is 0.264 e. The SMILES string of the molecule is Nc1ccc(S(N)(=O)=O)c(-c2cc3c(cc2Cl)N=CNS3(=O)=O)c1. The van der Waals surface area contributed by atoms with Crippen LogP contribution in [0.4, 0.5) is 11.4 Å². The van der Waals surface area contributed by atoms with Gasteiger partial charge in [0.15, 0.2) is 0 Å². The van der Waals surface area contributed by atoms with Crippen LogP contribution in [0, 0.1) is 0 Å². The summed E-state index contributed by atoms with van der Waals surface area (Å²) in [6, 6.07) is 6.54. The molecule has 0 atom stereocenters. The van der Waals surface area contributed by atoms with Gasteiger partial charge in [-0.05, 0) is 30.3 Å². The van der Waals surface area contributed by atoms with Crippen molar-refractivity contribution in [3.63, 3.8) is 0 Å². The lowest BCUT2D eigenvalue weighted by Gasteiger charge is -2.16. The van der Waals surface area contributed by atoms with E-state index in [4.69, 9.17) is 22.5 Å². The summed E-state index contributed by atoms with van der Waals surface area (Å²) >= 11 is 6.20. The van der Waals surface area contributed by atoms with Crippen LogP contribution < -0.4 is 15.6 Å². The summed E-state index contributed by atoms with van der Waals surface area (Å²) < 4.78 is 50.0. The lowest BCUT2D eigenvalue weighted by Crippen LogP contribution is -2.24. The first-order valence-electron chi connectivity index (χ1n) is 6.41. The van der Waals surface area contributed by atoms with E-state index in [9.17, 15) is 16.8 Å². The maximum absolute atomic E-state index is 12.1. The summed E-state index contributed by atoms with van der Waals surface area (Å²) in [5.41, 5.74) is 6.40. The minimum atomic E-state index is -4.07. The van der Waals surface area contributed by atoms with Gasteiger partial charge in [0.1, 0.15) is 11.2 Å². The molecule has 0 saturated carbocycles. The van der Waals surface area contributed by atoms with Crippen molar-refractivity contribution in [1.82, 2.24) is 4.72 Å². The van der Waals surface area contributed by atoms with Gasteiger partial charge < -0.3 is 5.73 Å². The van der Waals surface area contributed by atoms with Crippen LogP contribution in [-0.4, -0.2) is 23.2 Å². The number of primary sulfonamides is 1. The molecule has 0 unspecified atom stereocenters. The monoisotopic (exact) mass is 386 g/mol. The van der Waals surface area contributed by atoms with Crippen molar-refractivity contribution in [2.75, 3.05) is 5.73 Å². The number of nitrogens with one attached hydrogen (secondary N) is 1. The van der Waals surface area contributed by atoms with Crippen LogP contribution in [0.2, 0.25) is 5.02 Å². The molecular weight excluding hydrogens is 376 g/mol. The van der Waals surface area contributed by atoms with Crippen LogP contribution in [0.5, 0.6) is 0 Å². The van der Waals surface area contributed by atoms with Gasteiger partial charge in [-0.2, -0.15) is 0 Å². The van der Waals surface area contributed by atoms with E-state index in [1.807, 2.05) is 0 Å². The van der Waals surface area contributed by atoms with E-state index in [0.717, 1.165) is 6.34 Å². The molecule has 0 fully saturated rings. The molecule has 126 valence electrons. The van der Waals surface area contributed by atoms with Gasteiger partial charge in [0.25, 0.3) is 10.0 Å². The first-order chi connectivity index (χ1) is 11.1. The van der Waals surface area contributed by atoms with Gasteiger partial charge >= 0.3 is 0 Å². The third-order valence-corrected chi connectivity index (χ3v) is 5.95. The van der Waals surface area contributed by atoms with Gasteiger partial charge in [0.05, 0.1) is 15.6 Å². The fourth-order valence-electron chi connectivity index (χ4n) is 2.30. The summed E-state index contributed by atoms with van der Waals surface area (Å²) in [5, 5.41) is 5.33. The largest absolute Gasteiger partial charge is 0.399 e. The zero-order valence-electron chi connectivity index (χ0n) is 11.9. The Morgan fingerprint density at radius 2 is 1.83 bits per heavy atom. The summed E-state index contributed by atoms with van der Waals surface area (Å²) in [5.74, 6) is 0. The Kier molecular flexibility index (Phi) is 3.79. The van der Waals surface area contributed by atoms with Gasteiger partial charge in [0.2, 0.25) is 10.0 Å². The molecule has 1 aliphatic heterocycles. The number of rotatable bonds is 2. The number of nitrogens with two attached hydrogens (primary N) is 2. The number of aliphatic imine (C=N–C) groups is 1. The first-order valence-corrected chi connectivity index (χ1v) is 9.81. The summed E-state index contributed by atoms with van der Waals surface area (Å²) in [4.78, 5) is 3.55. The minimum Gasteiger partial charge on any atom is -0.399 e. The van der Waals surface area contributed by atoms with Crippen molar-refractivity contribution in [3.8, 4) is 11.1 Å². The smallest absolute Gasteiger partial charge is 0.264 e. The molecular formula is C13H11ClN4O4S2. The van der Waals surface area contributed by atoms with E-state index >= 15 is 0 Å². The highest BCUT2D eigenvalue weighted by Gasteiger charge is 2.25. The average molecular weight is 387 g/mol. The van der Waals surface area contributed by atoms with Gasteiger partial charge in [-0.1, -0.05) is 11.6 Å². The normalized spacial score (nSPS) is 15.6. The van der Waals surface area contributed by atoms with E-state index in [0.29, 0.717) is 0 Å². The van der Waals surface area contributed by atoms with Crippen molar-refractivity contribution in [1.29, 1.82) is 0 Å². The Morgan fingerprint density at radius 3 is 2.50 bits per heavy atom. The molecule has 2 aromatic carbocycles. The molecule has 0 aromatic heterocycles. The highest BCUT2D eigenvalue weighted by molar-refractivity contribution is 7.90. The number of benzene rings is 2. The van der Waals surface area contributed by atoms with Crippen LogP contribution in [-0.2, 0) is 20.0 Å². The quantitative estimate of drug-likeness (QED) is 0.663. The second-order valence-corrected chi connectivity index (χ2v) is 8.60. The molecule has 0 bridgehead atoms. The van der Waals surface area contributed by atoms with E-state index in [1.54, 1.807) is 0 Å². The predicted octanol–water partition coefficient (Wildman–Crippen LogP) is 1.19. The van der Waals surface area contributed by atoms with Gasteiger partial charge in [-0.15, -0.1) is 0 Å². The fourth-order valence-corrected chi connectivity index (χ4v) is 4.27. The molecule has 0 spiro atoms. The fraction of sp³-hybridized carbons (Fsp3) is 0. The number of nitrogen functional groups attached to an aromatic ring is 1. The summed E-state index contributed by atoms with van der Waals surface area (Å²) in [6.45, 7) is 0. The second kappa shape index (κ2) is 5.45. The number of sulfonamides is 2. The Hall–Kier alpha value is -2.14. The zero-order chi connectivity index (χ0) is 17.7. The van der Waals surface area contributed by atoms with Gasteiger partial charge in [0, 0.05) is 16.8 Å². The van der Waals surface area contributed by atoms with Crippen molar-refractivity contribution in [2.24, 2.45) is 10.1 Å².